The van der Waals surface area contributed by atoms with Gasteiger partial charge in [-0.15, -0.1) is 0 Å². The Morgan fingerprint density at radius 1 is 0.288 bits per heavy atom. The van der Waals surface area contributed by atoms with E-state index in [9.17, 15) is 14.4 Å². The molecule has 0 aromatic heterocycles. The SMILES string of the molecule is CC/C=C\C/C=C\C/C=C\C/C=C\CCCCCCC(=O)OC[C@H](COC(=O)CCCCC/C=C\C/C=C\C/C=C\C/C=C\CCCCC)OC(=O)CCCCCCCCCCCCCCCCCCCCC. The van der Waals surface area contributed by atoms with Crippen molar-refractivity contribution in [2.75, 3.05) is 13.2 Å². The van der Waals surface area contributed by atoms with Gasteiger partial charge in [0.15, 0.2) is 6.10 Å². The molecule has 73 heavy (non-hydrogen) atoms. The Morgan fingerprint density at radius 2 is 0.534 bits per heavy atom. The number of unbranched alkanes of at least 4 members (excludes halogenated alkanes) is 28. The average Bonchev–Trinajstić information content (AvgIpc) is 3.39. The number of hydrogen-bond acceptors (Lipinski definition) is 6. The van der Waals surface area contributed by atoms with Crippen molar-refractivity contribution in [2.45, 2.75) is 297 Å². The lowest BCUT2D eigenvalue weighted by atomic mass is 10.0. The highest BCUT2D eigenvalue weighted by Gasteiger charge is 2.19. The van der Waals surface area contributed by atoms with Crippen molar-refractivity contribution in [1.29, 1.82) is 0 Å². The van der Waals surface area contributed by atoms with Gasteiger partial charge in [0.05, 0.1) is 0 Å². The first-order chi connectivity index (χ1) is 36.0. The molecule has 0 saturated heterocycles. The van der Waals surface area contributed by atoms with Gasteiger partial charge < -0.3 is 14.2 Å². The third kappa shape index (κ3) is 59.1. The van der Waals surface area contributed by atoms with E-state index >= 15 is 0 Å². The number of carbonyl (C=O) groups is 3. The zero-order chi connectivity index (χ0) is 52.9. The molecule has 0 fully saturated rings. The molecule has 0 unspecified atom stereocenters. The molecule has 1 atom stereocenters. The van der Waals surface area contributed by atoms with Gasteiger partial charge in [-0.25, -0.2) is 0 Å². The maximum atomic E-state index is 12.9. The maximum absolute atomic E-state index is 12.9. The first-order valence-corrected chi connectivity index (χ1v) is 30.7. The van der Waals surface area contributed by atoms with Crippen LogP contribution in [-0.2, 0) is 28.6 Å². The molecule has 0 saturated carbocycles. The van der Waals surface area contributed by atoms with E-state index in [4.69, 9.17) is 14.2 Å². The summed E-state index contributed by atoms with van der Waals surface area (Å²) in [5.74, 6) is -0.942. The Morgan fingerprint density at radius 3 is 0.877 bits per heavy atom. The Labute approximate surface area is 451 Å². The Bertz CT molecular complexity index is 1440. The van der Waals surface area contributed by atoms with E-state index in [2.05, 4.69) is 118 Å². The summed E-state index contributed by atoms with van der Waals surface area (Å²) in [5, 5.41) is 0. The number of rotatable bonds is 55. The van der Waals surface area contributed by atoms with Crippen LogP contribution in [0.2, 0.25) is 0 Å². The second kappa shape index (κ2) is 60.9. The molecule has 0 radical (unpaired) electrons. The second-order valence-electron chi connectivity index (χ2n) is 20.2. The summed E-state index contributed by atoms with van der Waals surface area (Å²) in [5.41, 5.74) is 0. The summed E-state index contributed by atoms with van der Waals surface area (Å²) in [6, 6.07) is 0. The smallest absolute Gasteiger partial charge is 0.306 e. The summed E-state index contributed by atoms with van der Waals surface area (Å²) < 4.78 is 16.9. The van der Waals surface area contributed by atoms with Crippen molar-refractivity contribution in [3.63, 3.8) is 0 Å². The van der Waals surface area contributed by atoms with Crippen LogP contribution in [0.3, 0.4) is 0 Å². The van der Waals surface area contributed by atoms with Crippen LogP contribution in [0.15, 0.2) is 97.2 Å². The predicted octanol–water partition coefficient (Wildman–Crippen LogP) is 20.9. The Hall–Kier alpha value is -3.67. The fourth-order valence-electron chi connectivity index (χ4n) is 8.48. The monoisotopic (exact) mass is 1010 g/mol. The molecular weight excluding hydrogens is 901 g/mol. The number of hydrogen-bond donors (Lipinski definition) is 0. The van der Waals surface area contributed by atoms with Crippen LogP contribution in [0, 0.1) is 0 Å². The average molecular weight is 1020 g/mol. The van der Waals surface area contributed by atoms with Gasteiger partial charge >= 0.3 is 17.9 Å². The zero-order valence-electron chi connectivity index (χ0n) is 47.9. The normalized spacial score (nSPS) is 12.8. The molecule has 0 amide bonds. The topological polar surface area (TPSA) is 78.9 Å². The highest BCUT2D eigenvalue weighted by Crippen LogP contribution is 2.16. The molecule has 6 nitrogen and oxygen atoms in total. The molecule has 0 aliphatic rings. The van der Waals surface area contributed by atoms with Crippen LogP contribution >= 0.6 is 0 Å². The summed E-state index contributed by atoms with van der Waals surface area (Å²) in [4.78, 5) is 38.3. The van der Waals surface area contributed by atoms with Crippen molar-refractivity contribution >= 4 is 17.9 Å². The lowest BCUT2D eigenvalue weighted by Gasteiger charge is -2.18. The number of allylic oxidation sites excluding steroid dienone is 16. The van der Waals surface area contributed by atoms with E-state index in [1.54, 1.807) is 0 Å². The Kier molecular flexibility index (Phi) is 57.8. The second-order valence-corrected chi connectivity index (χ2v) is 20.2. The lowest BCUT2D eigenvalue weighted by molar-refractivity contribution is -0.167. The first kappa shape index (κ1) is 69.3. The van der Waals surface area contributed by atoms with Crippen LogP contribution < -0.4 is 0 Å². The number of carbonyl (C=O) groups excluding carboxylic acids is 3. The third-order valence-corrected chi connectivity index (χ3v) is 13.1. The maximum Gasteiger partial charge on any atom is 0.306 e. The van der Waals surface area contributed by atoms with Crippen molar-refractivity contribution in [3.05, 3.63) is 97.2 Å². The first-order valence-electron chi connectivity index (χ1n) is 30.7. The predicted molar refractivity (Wildman–Crippen MR) is 316 cm³/mol. The molecule has 0 heterocycles. The van der Waals surface area contributed by atoms with Crippen molar-refractivity contribution < 1.29 is 28.6 Å². The van der Waals surface area contributed by atoms with Gasteiger partial charge in [0.2, 0.25) is 0 Å². The van der Waals surface area contributed by atoms with E-state index in [-0.39, 0.29) is 31.1 Å². The molecule has 0 aromatic rings. The van der Waals surface area contributed by atoms with Gasteiger partial charge in [-0.3, -0.25) is 14.4 Å². The highest BCUT2D eigenvalue weighted by molar-refractivity contribution is 5.71. The van der Waals surface area contributed by atoms with E-state index in [0.717, 1.165) is 122 Å². The molecule has 418 valence electrons. The van der Waals surface area contributed by atoms with Gasteiger partial charge in [0.1, 0.15) is 13.2 Å². The third-order valence-electron chi connectivity index (χ3n) is 13.1. The largest absolute Gasteiger partial charge is 0.462 e. The van der Waals surface area contributed by atoms with E-state index in [1.807, 2.05) is 0 Å². The van der Waals surface area contributed by atoms with Gasteiger partial charge in [-0.05, 0) is 103 Å². The van der Waals surface area contributed by atoms with Crippen LogP contribution in [0.25, 0.3) is 0 Å². The van der Waals surface area contributed by atoms with Crippen molar-refractivity contribution in [3.8, 4) is 0 Å². The minimum absolute atomic E-state index is 0.0993. The summed E-state index contributed by atoms with van der Waals surface area (Å²) in [7, 11) is 0. The van der Waals surface area contributed by atoms with Gasteiger partial charge in [-0.2, -0.15) is 0 Å². The highest BCUT2D eigenvalue weighted by atomic mass is 16.6. The summed E-state index contributed by atoms with van der Waals surface area (Å²) >= 11 is 0. The lowest BCUT2D eigenvalue weighted by Crippen LogP contribution is -2.30. The molecule has 0 aliphatic heterocycles. The molecule has 0 spiro atoms. The van der Waals surface area contributed by atoms with Crippen LogP contribution in [-0.4, -0.2) is 37.2 Å². The van der Waals surface area contributed by atoms with Gasteiger partial charge in [-0.1, -0.05) is 266 Å². The number of esters is 3. The van der Waals surface area contributed by atoms with Gasteiger partial charge in [0, 0.05) is 19.3 Å². The molecule has 0 N–H and O–H groups in total. The van der Waals surface area contributed by atoms with Crippen LogP contribution in [0.1, 0.15) is 290 Å². The fraction of sp³-hybridized carbons (Fsp3) is 0.716. The van der Waals surface area contributed by atoms with Crippen molar-refractivity contribution in [1.82, 2.24) is 0 Å². The minimum atomic E-state index is -0.802. The standard InChI is InChI=1S/C67H114O6/c1-4-7-10-13-16-19-22-25-28-31-33-36-39-42-45-48-51-54-57-60-66(69)72-63-64(62-71-65(68)59-56-53-50-47-44-41-38-35-30-27-24-21-18-15-12-9-6-3)73-67(70)61-58-55-52-49-46-43-40-37-34-32-29-26-23-20-17-14-11-8-5-2/h9,12,16,18-19,21,25,27-28,30,33,36,38,41-42,45,64H,4-8,10-11,13-15,17,20,22-24,26,29,31-32,34-35,37,39-40,43-44,46-63H2,1-3H3/b12-9-,19-16-,21-18-,28-25-,30-27-,36-33-,41-38-,45-42-/t64-/m1/s1. The molecule has 6 heteroatoms. The molecule has 0 aromatic carbocycles. The van der Waals surface area contributed by atoms with Crippen molar-refractivity contribution in [2.24, 2.45) is 0 Å². The number of ether oxygens (including phenoxy) is 3. The molecule has 0 bridgehead atoms. The van der Waals surface area contributed by atoms with E-state index < -0.39 is 6.10 Å². The quantitative estimate of drug-likeness (QED) is 0.0261. The molecular formula is C67H114O6. The summed E-state index contributed by atoms with van der Waals surface area (Å²) in [6.45, 7) is 6.48. The Balaban J connectivity index is 4.47. The van der Waals surface area contributed by atoms with Gasteiger partial charge in [0.25, 0.3) is 0 Å². The van der Waals surface area contributed by atoms with E-state index in [0.29, 0.717) is 19.3 Å². The minimum Gasteiger partial charge on any atom is -0.462 e. The zero-order valence-corrected chi connectivity index (χ0v) is 47.9. The molecule has 0 rings (SSSR count). The fourth-order valence-corrected chi connectivity index (χ4v) is 8.48. The van der Waals surface area contributed by atoms with Crippen LogP contribution in [0.5, 0.6) is 0 Å². The molecule has 0 aliphatic carbocycles. The van der Waals surface area contributed by atoms with E-state index in [1.165, 1.54) is 128 Å². The van der Waals surface area contributed by atoms with Crippen LogP contribution in [0.4, 0.5) is 0 Å². The summed E-state index contributed by atoms with van der Waals surface area (Å²) in [6.07, 6.45) is 81.1.